The van der Waals surface area contributed by atoms with Crippen LogP contribution in [0.2, 0.25) is 0 Å². The van der Waals surface area contributed by atoms with Crippen LogP contribution in [-0.4, -0.2) is 32.7 Å². The van der Waals surface area contributed by atoms with Gasteiger partial charge in [0, 0.05) is 17.4 Å². The van der Waals surface area contributed by atoms with Gasteiger partial charge >= 0.3 is 5.97 Å². The highest BCUT2D eigenvalue weighted by Gasteiger charge is 2.32. The highest BCUT2D eigenvalue weighted by atomic mass is 32.1. The second-order valence-electron chi connectivity index (χ2n) is 8.06. The van der Waals surface area contributed by atoms with Crippen molar-refractivity contribution < 1.29 is 18.7 Å². The molecule has 5 heterocycles. The smallest absolute Gasteiger partial charge is 0.326 e. The lowest BCUT2D eigenvalue weighted by Gasteiger charge is -2.32. The van der Waals surface area contributed by atoms with Crippen molar-refractivity contribution in [2.75, 3.05) is 6.61 Å². The van der Waals surface area contributed by atoms with E-state index < -0.39 is 5.97 Å². The lowest BCUT2D eigenvalue weighted by atomic mass is 9.89. The Morgan fingerprint density at radius 3 is 2.94 bits per heavy atom. The van der Waals surface area contributed by atoms with Crippen LogP contribution in [0.4, 0.5) is 0 Å². The predicted octanol–water partition coefficient (Wildman–Crippen LogP) is 3.68. The van der Waals surface area contributed by atoms with Crippen LogP contribution < -0.4 is 5.56 Å². The molecule has 0 unspecified atom stereocenters. The van der Waals surface area contributed by atoms with Gasteiger partial charge in [0.25, 0.3) is 5.56 Å². The van der Waals surface area contributed by atoms with Crippen molar-refractivity contribution in [1.82, 2.24) is 14.5 Å². The van der Waals surface area contributed by atoms with E-state index in [-0.39, 0.29) is 24.3 Å². The Hall–Kier alpha value is -3.04. The summed E-state index contributed by atoms with van der Waals surface area (Å²) in [7, 11) is 0. The Morgan fingerprint density at radius 2 is 2.19 bits per heavy atom. The quantitative estimate of drug-likeness (QED) is 0.448. The normalized spacial score (nSPS) is 15.3. The van der Waals surface area contributed by atoms with Crippen LogP contribution in [0, 0.1) is 0 Å². The number of hydrogen-bond acceptors (Lipinski definition) is 8. The van der Waals surface area contributed by atoms with E-state index in [1.165, 1.54) is 22.2 Å². The molecule has 9 heteroatoms. The molecule has 4 aromatic heterocycles. The average molecular weight is 439 g/mol. The molecule has 1 aliphatic rings. The molecule has 0 spiro atoms. The zero-order chi connectivity index (χ0) is 21.8. The van der Waals surface area contributed by atoms with Gasteiger partial charge in [-0.1, -0.05) is 0 Å². The van der Waals surface area contributed by atoms with Gasteiger partial charge in [0.2, 0.25) is 0 Å². The SMILES string of the molecule is CCOC(=O)Cn1cnc2c(sc3nc(-c4ccco4)c4c(c32)CC(C)(C)OC4)c1=O. The molecule has 0 radical (unpaired) electrons. The van der Waals surface area contributed by atoms with Crippen molar-refractivity contribution >= 4 is 37.7 Å². The average Bonchev–Trinajstić information content (AvgIpc) is 3.37. The third kappa shape index (κ3) is 3.34. The molecule has 0 atom stereocenters. The van der Waals surface area contributed by atoms with E-state index in [4.69, 9.17) is 18.9 Å². The number of fused-ring (bicyclic) bond motifs is 5. The van der Waals surface area contributed by atoms with E-state index in [9.17, 15) is 9.59 Å². The summed E-state index contributed by atoms with van der Waals surface area (Å²) in [5, 5.41) is 0.877. The van der Waals surface area contributed by atoms with E-state index in [1.807, 2.05) is 26.0 Å². The van der Waals surface area contributed by atoms with Crippen molar-refractivity contribution in [3.63, 3.8) is 0 Å². The molecule has 5 rings (SSSR count). The molecule has 0 N–H and O–H groups in total. The summed E-state index contributed by atoms with van der Waals surface area (Å²) in [6.07, 6.45) is 3.68. The maximum absolute atomic E-state index is 13.1. The number of thiophene rings is 1. The zero-order valence-corrected chi connectivity index (χ0v) is 18.2. The van der Waals surface area contributed by atoms with Crippen LogP contribution in [0.5, 0.6) is 0 Å². The molecule has 4 aromatic rings. The van der Waals surface area contributed by atoms with Gasteiger partial charge in [-0.3, -0.25) is 14.2 Å². The minimum absolute atomic E-state index is 0.173. The van der Waals surface area contributed by atoms with Gasteiger partial charge in [0.1, 0.15) is 21.8 Å². The maximum Gasteiger partial charge on any atom is 0.326 e. The van der Waals surface area contributed by atoms with Crippen LogP contribution in [0.25, 0.3) is 31.9 Å². The Labute approximate surface area is 181 Å². The molecule has 0 aliphatic carbocycles. The molecule has 0 saturated carbocycles. The lowest BCUT2D eigenvalue weighted by Crippen LogP contribution is -2.32. The van der Waals surface area contributed by atoms with Gasteiger partial charge in [-0.2, -0.15) is 0 Å². The maximum atomic E-state index is 13.1. The van der Waals surface area contributed by atoms with Gasteiger partial charge < -0.3 is 13.9 Å². The molecular formula is C22H21N3O5S. The molecule has 0 amide bonds. The van der Waals surface area contributed by atoms with E-state index >= 15 is 0 Å². The third-order valence-corrected chi connectivity index (χ3v) is 6.44. The van der Waals surface area contributed by atoms with E-state index in [0.717, 1.165) is 27.0 Å². The Bertz CT molecular complexity index is 1370. The lowest BCUT2D eigenvalue weighted by molar-refractivity contribution is -0.143. The number of esters is 1. The van der Waals surface area contributed by atoms with Crippen LogP contribution in [0.1, 0.15) is 31.9 Å². The van der Waals surface area contributed by atoms with Crippen LogP contribution in [0.15, 0.2) is 33.9 Å². The summed E-state index contributed by atoms with van der Waals surface area (Å²) in [5.41, 5.74) is 2.74. The van der Waals surface area contributed by atoms with Crippen LogP contribution >= 0.6 is 11.3 Å². The molecule has 0 aromatic carbocycles. The molecule has 0 bridgehead atoms. The first-order chi connectivity index (χ1) is 14.9. The predicted molar refractivity (Wildman–Crippen MR) is 116 cm³/mol. The number of ether oxygens (including phenoxy) is 2. The fourth-order valence-corrected chi connectivity index (χ4v) is 5.08. The zero-order valence-electron chi connectivity index (χ0n) is 17.4. The Balaban J connectivity index is 1.76. The van der Waals surface area contributed by atoms with Gasteiger partial charge in [-0.05, 0) is 38.5 Å². The molecule has 0 fully saturated rings. The fourth-order valence-electron chi connectivity index (χ4n) is 3.97. The largest absolute Gasteiger partial charge is 0.465 e. The number of carbonyl (C=O) groups excluding carboxylic acids is 1. The summed E-state index contributed by atoms with van der Waals surface area (Å²) >= 11 is 1.29. The number of nitrogens with zero attached hydrogens (tertiary/aromatic N) is 3. The summed E-state index contributed by atoms with van der Waals surface area (Å²) in [6, 6.07) is 3.69. The molecule has 31 heavy (non-hydrogen) atoms. The summed E-state index contributed by atoms with van der Waals surface area (Å²) in [4.78, 5) is 35.1. The number of pyridine rings is 1. The van der Waals surface area contributed by atoms with Crippen molar-refractivity contribution in [3.05, 3.63) is 46.2 Å². The highest BCUT2D eigenvalue weighted by Crippen LogP contribution is 2.42. The summed E-state index contributed by atoms with van der Waals surface area (Å²) in [5.74, 6) is 0.188. The second-order valence-corrected chi connectivity index (χ2v) is 9.06. The summed E-state index contributed by atoms with van der Waals surface area (Å²) < 4.78 is 18.4. The molecule has 1 aliphatic heterocycles. The van der Waals surface area contributed by atoms with E-state index in [1.54, 1.807) is 13.2 Å². The van der Waals surface area contributed by atoms with Gasteiger partial charge in [0.15, 0.2) is 5.76 Å². The van der Waals surface area contributed by atoms with Crippen LogP contribution in [-0.2, 0) is 33.8 Å². The molecule has 8 nitrogen and oxygen atoms in total. The van der Waals surface area contributed by atoms with Crippen LogP contribution in [0.3, 0.4) is 0 Å². The molecule has 160 valence electrons. The number of hydrogen-bond donors (Lipinski definition) is 0. The van der Waals surface area contributed by atoms with Gasteiger partial charge in [-0.25, -0.2) is 9.97 Å². The first-order valence-corrected chi connectivity index (χ1v) is 10.9. The third-order valence-electron chi connectivity index (χ3n) is 5.38. The van der Waals surface area contributed by atoms with Gasteiger partial charge in [-0.15, -0.1) is 11.3 Å². The monoisotopic (exact) mass is 439 g/mol. The Morgan fingerprint density at radius 1 is 1.35 bits per heavy atom. The molecule has 0 saturated heterocycles. The number of furan rings is 1. The summed E-state index contributed by atoms with van der Waals surface area (Å²) in [6.45, 7) is 6.30. The topological polar surface area (TPSA) is 96.5 Å². The fraction of sp³-hybridized carbons (Fsp3) is 0.364. The standard InChI is InChI=1S/C22H21N3O5S/c1-4-28-15(26)9-25-11-23-18-16-12-8-22(2,3)30-10-13(12)17(14-6-5-7-29-14)24-20(16)31-19(18)21(25)27/h5-7,11H,4,8-10H2,1-3H3. The number of rotatable bonds is 4. The number of carbonyl (C=O) groups is 1. The van der Waals surface area contributed by atoms with Gasteiger partial charge in [0.05, 0.1) is 36.9 Å². The van der Waals surface area contributed by atoms with Crippen molar-refractivity contribution in [3.8, 4) is 11.5 Å². The minimum Gasteiger partial charge on any atom is -0.465 e. The second kappa shape index (κ2) is 7.28. The van der Waals surface area contributed by atoms with E-state index in [0.29, 0.717) is 29.0 Å². The van der Waals surface area contributed by atoms with Crippen molar-refractivity contribution in [1.29, 1.82) is 0 Å². The first kappa shape index (κ1) is 19.9. The first-order valence-electron chi connectivity index (χ1n) is 10.0. The van der Waals surface area contributed by atoms with Crippen molar-refractivity contribution in [2.24, 2.45) is 0 Å². The number of aromatic nitrogens is 3. The highest BCUT2D eigenvalue weighted by molar-refractivity contribution is 7.25. The Kier molecular flexibility index (Phi) is 4.67. The van der Waals surface area contributed by atoms with Crippen molar-refractivity contribution in [2.45, 2.75) is 45.9 Å². The minimum atomic E-state index is -0.471. The van der Waals surface area contributed by atoms with E-state index in [2.05, 4.69) is 4.98 Å². The molecular weight excluding hydrogens is 418 g/mol.